The minimum absolute atomic E-state index is 0. The summed E-state index contributed by atoms with van der Waals surface area (Å²) in [6, 6.07) is 4.51. The molecule has 160 valence electrons. The summed E-state index contributed by atoms with van der Waals surface area (Å²) in [5.41, 5.74) is 0.919. The summed E-state index contributed by atoms with van der Waals surface area (Å²) >= 11 is 0. The highest BCUT2D eigenvalue weighted by molar-refractivity contribution is 14.0. The first-order valence-corrected chi connectivity index (χ1v) is 9.65. The van der Waals surface area contributed by atoms with Crippen molar-refractivity contribution in [2.24, 2.45) is 4.99 Å². The van der Waals surface area contributed by atoms with Crippen LogP contribution in [-0.2, 0) is 6.54 Å². The lowest BCUT2D eigenvalue weighted by atomic mass is 10.0. The second-order valence-corrected chi connectivity index (χ2v) is 8.12. The van der Waals surface area contributed by atoms with E-state index in [1.165, 1.54) is 12.1 Å². The average Bonchev–Trinajstić information content (AvgIpc) is 2.61. The third kappa shape index (κ3) is 9.00. The largest absolute Gasteiger partial charge is 0.355 e. The molecule has 0 saturated carbocycles. The van der Waals surface area contributed by atoms with Crippen molar-refractivity contribution >= 4 is 29.9 Å². The smallest absolute Gasteiger partial charge is 0.191 e. The standard InChI is InChI=1S/C20H33F2N5.HI/c1-20(2,3)25-10-9-24-19(23-4)26-16-7-11-27(12-8-16)14-15-5-6-17(21)18(22)13-15;/h5-6,13,16,25H,7-12,14H2,1-4H3,(H2,23,24,26);1H. The molecule has 8 heteroatoms. The molecule has 0 spiro atoms. The molecule has 2 rings (SSSR count). The third-order valence-electron chi connectivity index (χ3n) is 4.61. The zero-order valence-corrected chi connectivity index (χ0v) is 19.6. The van der Waals surface area contributed by atoms with Crippen LogP contribution >= 0.6 is 24.0 Å². The maximum absolute atomic E-state index is 13.3. The van der Waals surface area contributed by atoms with Gasteiger partial charge in [0.05, 0.1) is 0 Å². The molecule has 1 heterocycles. The predicted molar refractivity (Wildman–Crippen MR) is 122 cm³/mol. The van der Waals surface area contributed by atoms with Crippen LogP contribution in [0.5, 0.6) is 0 Å². The Morgan fingerprint density at radius 3 is 2.39 bits per heavy atom. The van der Waals surface area contributed by atoms with Crippen molar-refractivity contribution in [3.05, 3.63) is 35.4 Å². The highest BCUT2D eigenvalue weighted by Crippen LogP contribution is 2.15. The van der Waals surface area contributed by atoms with Crippen molar-refractivity contribution in [3.8, 4) is 0 Å². The summed E-state index contributed by atoms with van der Waals surface area (Å²) in [6.45, 7) is 10.6. The highest BCUT2D eigenvalue weighted by atomic mass is 127. The molecule has 0 atom stereocenters. The molecule has 1 aromatic carbocycles. The number of aliphatic imine (C=N–C) groups is 1. The average molecular weight is 509 g/mol. The van der Waals surface area contributed by atoms with Gasteiger partial charge in [0, 0.05) is 51.4 Å². The molecular weight excluding hydrogens is 475 g/mol. The first-order valence-electron chi connectivity index (χ1n) is 9.65. The number of halogens is 3. The van der Waals surface area contributed by atoms with Crippen LogP contribution in [0, 0.1) is 11.6 Å². The molecule has 1 saturated heterocycles. The normalized spacial score (nSPS) is 16.6. The Bertz CT molecular complexity index is 626. The number of nitrogens with one attached hydrogen (secondary N) is 3. The SMILES string of the molecule is CN=C(NCCNC(C)(C)C)NC1CCN(Cc2ccc(F)c(F)c2)CC1.I. The molecule has 0 unspecified atom stereocenters. The van der Waals surface area contributed by atoms with Crippen LogP contribution in [-0.4, -0.2) is 55.7 Å². The number of rotatable bonds is 6. The van der Waals surface area contributed by atoms with E-state index < -0.39 is 11.6 Å². The van der Waals surface area contributed by atoms with E-state index in [9.17, 15) is 8.78 Å². The van der Waals surface area contributed by atoms with Crippen molar-refractivity contribution < 1.29 is 8.78 Å². The van der Waals surface area contributed by atoms with Crippen LogP contribution in [0.15, 0.2) is 23.2 Å². The van der Waals surface area contributed by atoms with Gasteiger partial charge in [0.2, 0.25) is 0 Å². The van der Waals surface area contributed by atoms with Crippen molar-refractivity contribution in [3.63, 3.8) is 0 Å². The molecule has 0 aliphatic carbocycles. The number of hydrogen-bond donors (Lipinski definition) is 3. The zero-order valence-electron chi connectivity index (χ0n) is 17.3. The third-order valence-corrected chi connectivity index (χ3v) is 4.61. The van der Waals surface area contributed by atoms with E-state index in [4.69, 9.17) is 0 Å². The summed E-state index contributed by atoms with van der Waals surface area (Å²) in [6.07, 6.45) is 1.98. The first kappa shape index (κ1) is 25.0. The second kappa shape index (κ2) is 11.9. The van der Waals surface area contributed by atoms with Crippen molar-refractivity contribution in [1.29, 1.82) is 0 Å². The minimum atomic E-state index is -0.793. The molecule has 1 aromatic rings. The lowest BCUT2D eigenvalue weighted by Crippen LogP contribution is -2.50. The van der Waals surface area contributed by atoms with Crippen LogP contribution in [0.3, 0.4) is 0 Å². The fourth-order valence-corrected chi connectivity index (χ4v) is 3.14. The number of likely N-dealkylation sites (tertiary alicyclic amines) is 1. The van der Waals surface area contributed by atoms with Gasteiger partial charge >= 0.3 is 0 Å². The Kier molecular flexibility index (Phi) is 10.6. The zero-order chi connectivity index (χ0) is 19.9. The van der Waals surface area contributed by atoms with E-state index in [-0.39, 0.29) is 29.5 Å². The molecule has 28 heavy (non-hydrogen) atoms. The van der Waals surface area contributed by atoms with Gasteiger partial charge in [-0.1, -0.05) is 6.07 Å². The molecule has 1 aliphatic heterocycles. The number of guanidine groups is 1. The van der Waals surface area contributed by atoms with Crippen LogP contribution in [0.25, 0.3) is 0 Å². The van der Waals surface area contributed by atoms with E-state index in [1.54, 1.807) is 13.1 Å². The van der Waals surface area contributed by atoms with Gasteiger partial charge in [-0.25, -0.2) is 8.78 Å². The Balaban J connectivity index is 0.00000392. The highest BCUT2D eigenvalue weighted by Gasteiger charge is 2.20. The molecule has 1 aliphatic rings. The van der Waals surface area contributed by atoms with Crippen LogP contribution in [0.4, 0.5) is 8.78 Å². The van der Waals surface area contributed by atoms with Gasteiger partial charge in [0.15, 0.2) is 17.6 Å². The number of benzene rings is 1. The van der Waals surface area contributed by atoms with E-state index in [0.717, 1.165) is 50.5 Å². The molecule has 0 bridgehead atoms. The van der Waals surface area contributed by atoms with E-state index >= 15 is 0 Å². The Morgan fingerprint density at radius 1 is 1.14 bits per heavy atom. The summed E-state index contributed by atoms with van der Waals surface area (Å²) < 4.78 is 26.4. The number of piperidine rings is 1. The van der Waals surface area contributed by atoms with Crippen LogP contribution in [0.1, 0.15) is 39.2 Å². The van der Waals surface area contributed by atoms with Crippen LogP contribution in [0.2, 0.25) is 0 Å². The van der Waals surface area contributed by atoms with E-state index in [0.29, 0.717) is 12.6 Å². The lowest BCUT2D eigenvalue weighted by molar-refractivity contribution is 0.198. The van der Waals surface area contributed by atoms with Crippen molar-refractivity contribution in [1.82, 2.24) is 20.9 Å². The summed E-state index contributed by atoms with van der Waals surface area (Å²) in [5, 5.41) is 10.3. The maximum Gasteiger partial charge on any atom is 0.191 e. The Morgan fingerprint density at radius 2 is 1.82 bits per heavy atom. The molecule has 0 radical (unpaired) electrons. The molecule has 3 N–H and O–H groups in total. The van der Waals surface area contributed by atoms with Gasteiger partial charge in [0.1, 0.15) is 0 Å². The molecule has 0 aromatic heterocycles. The van der Waals surface area contributed by atoms with Gasteiger partial charge in [-0.3, -0.25) is 9.89 Å². The maximum atomic E-state index is 13.3. The van der Waals surface area contributed by atoms with Gasteiger partial charge in [-0.15, -0.1) is 24.0 Å². The second-order valence-electron chi connectivity index (χ2n) is 8.12. The fourth-order valence-electron chi connectivity index (χ4n) is 3.14. The first-order chi connectivity index (χ1) is 12.8. The fraction of sp³-hybridized carbons (Fsp3) is 0.650. The monoisotopic (exact) mass is 509 g/mol. The van der Waals surface area contributed by atoms with Gasteiger partial charge in [0.25, 0.3) is 0 Å². The minimum Gasteiger partial charge on any atom is -0.355 e. The quantitative estimate of drug-likeness (QED) is 0.239. The summed E-state index contributed by atoms with van der Waals surface area (Å²) in [7, 11) is 1.78. The molecule has 0 amide bonds. The summed E-state index contributed by atoms with van der Waals surface area (Å²) in [4.78, 5) is 6.57. The number of hydrogen-bond acceptors (Lipinski definition) is 3. The molecule has 1 fully saturated rings. The predicted octanol–water partition coefficient (Wildman–Crippen LogP) is 3.10. The number of nitrogens with zero attached hydrogens (tertiary/aromatic N) is 2. The Hall–Kier alpha value is -1.00. The van der Waals surface area contributed by atoms with Gasteiger partial charge in [-0.05, 0) is 51.3 Å². The van der Waals surface area contributed by atoms with Crippen LogP contribution < -0.4 is 16.0 Å². The molecular formula is C20H34F2IN5. The Labute approximate surface area is 184 Å². The van der Waals surface area contributed by atoms with E-state index in [1.807, 2.05) is 0 Å². The molecule has 5 nitrogen and oxygen atoms in total. The van der Waals surface area contributed by atoms with Gasteiger partial charge < -0.3 is 16.0 Å². The topological polar surface area (TPSA) is 51.7 Å². The van der Waals surface area contributed by atoms with Crippen molar-refractivity contribution in [2.75, 3.05) is 33.2 Å². The van der Waals surface area contributed by atoms with Crippen molar-refractivity contribution in [2.45, 2.75) is 51.7 Å². The summed E-state index contributed by atoms with van der Waals surface area (Å²) in [5.74, 6) is -0.747. The van der Waals surface area contributed by atoms with Gasteiger partial charge in [-0.2, -0.15) is 0 Å². The lowest BCUT2D eigenvalue weighted by Gasteiger charge is -2.33. The van der Waals surface area contributed by atoms with E-state index in [2.05, 4.69) is 46.6 Å².